The summed E-state index contributed by atoms with van der Waals surface area (Å²) in [5.74, 6) is 0.628. The molecule has 4 rings (SSSR count). The van der Waals surface area contributed by atoms with Gasteiger partial charge < -0.3 is 8.98 Å². The van der Waals surface area contributed by atoms with Gasteiger partial charge in [-0.3, -0.25) is 0 Å². The van der Waals surface area contributed by atoms with E-state index in [4.69, 9.17) is 4.42 Å². The molecule has 0 aliphatic rings. The quantitative estimate of drug-likeness (QED) is 0.329. The van der Waals surface area contributed by atoms with Gasteiger partial charge in [-0.25, -0.2) is 4.79 Å². The molecule has 4 aromatic rings. The van der Waals surface area contributed by atoms with Crippen LogP contribution in [0.4, 0.5) is 0 Å². The van der Waals surface area contributed by atoms with Crippen molar-refractivity contribution >= 4 is 33.5 Å². The molecule has 2 heterocycles. The number of hydrogen-bond acceptors (Lipinski definition) is 5. The molecule has 0 unspecified atom stereocenters. The summed E-state index contributed by atoms with van der Waals surface area (Å²) < 4.78 is 7.23. The predicted molar refractivity (Wildman–Crippen MR) is 90.6 cm³/mol. The van der Waals surface area contributed by atoms with Crippen LogP contribution in [-0.2, 0) is 12.8 Å². The Hall–Kier alpha value is -2.60. The SMILES string of the molecule is Cn1cnnc1SCc1cc(=O)oc2ccc3ccccc3c12. The van der Waals surface area contributed by atoms with E-state index in [1.54, 1.807) is 24.2 Å². The molecule has 0 radical (unpaired) electrons. The zero-order valence-corrected chi connectivity index (χ0v) is 13.2. The molecular weight excluding hydrogens is 310 g/mol. The third kappa shape index (κ3) is 2.51. The summed E-state index contributed by atoms with van der Waals surface area (Å²) in [6, 6.07) is 13.5. The Bertz CT molecular complexity index is 1070. The van der Waals surface area contributed by atoms with Crippen LogP contribution >= 0.6 is 11.8 Å². The molecule has 114 valence electrons. The fraction of sp³-hybridized carbons (Fsp3) is 0.118. The number of thioether (sulfide) groups is 1. The number of benzene rings is 2. The monoisotopic (exact) mass is 323 g/mol. The maximum absolute atomic E-state index is 11.9. The molecule has 0 aliphatic carbocycles. The Morgan fingerprint density at radius 1 is 1.22 bits per heavy atom. The average molecular weight is 323 g/mol. The van der Waals surface area contributed by atoms with E-state index in [-0.39, 0.29) is 5.63 Å². The lowest BCUT2D eigenvalue weighted by Gasteiger charge is -2.08. The van der Waals surface area contributed by atoms with Crippen LogP contribution in [0.15, 0.2) is 63.2 Å². The number of rotatable bonds is 3. The van der Waals surface area contributed by atoms with Crippen molar-refractivity contribution in [1.29, 1.82) is 0 Å². The van der Waals surface area contributed by atoms with Crippen molar-refractivity contribution in [3.63, 3.8) is 0 Å². The third-order valence-corrected chi connectivity index (χ3v) is 4.82. The molecule has 0 amide bonds. The molecule has 0 saturated heterocycles. The average Bonchev–Trinajstić information content (AvgIpc) is 2.97. The molecule has 2 aromatic heterocycles. The minimum Gasteiger partial charge on any atom is -0.423 e. The number of aromatic nitrogens is 3. The van der Waals surface area contributed by atoms with Crippen molar-refractivity contribution in [3.05, 3.63) is 64.8 Å². The van der Waals surface area contributed by atoms with E-state index in [0.29, 0.717) is 11.3 Å². The summed E-state index contributed by atoms with van der Waals surface area (Å²) in [7, 11) is 1.90. The van der Waals surface area contributed by atoms with Crippen LogP contribution in [0.1, 0.15) is 5.56 Å². The molecule has 2 aromatic carbocycles. The van der Waals surface area contributed by atoms with Gasteiger partial charge >= 0.3 is 5.63 Å². The molecule has 0 spiro atoms. The second-order valence-electron chi connectivity index (χ2n) is 5.26. The largest absolute Gasteiger partial charge is 0.423 e. The molecule has 0 atom stereocenters. The fourth-order valence-corrected chi connectivity index (χ4v) is 3.55. The zero-order valence-electron chi connectivity index (χ0n) is 12.4. The second-order valence-corrected chi connectivity index (χ2v) is 6.21. The van der Waals surface area contributed by atoms with Gasteiger partial charge in [0.2, 0.25) is 0 Å². The highest BCUT2D eigenvalue weighted by Crippen LogP contribution is 2.30. The number of fused-ring (bicyclic) bond motifs is 3. The van der Waals surface area contributed by atoms with Crippen LogP contribution in [0.2, 0.25) is 0 Å². The van der Waals surface area contributed by atoms with E-state index in [1.165, 1.54) is 0 Å². The highest BCUT2D eigenvalue weighted by Gasteiger charge is 2.11. The Morgan fingerprint density at radius 2 is 2.09 bits per heavy atom. The molecule has 0 fully saturated rings. The number of hydrogen-bond donors (Lipinski definition) is 0. The lowest BCUT2D eigenvalue weighted by Crippen LogP contribution is -2.01. The molecule has 0 N–H and O–H groups in total. The highest BCUT2D eigenvalue weighted by molar-refractivity contribution is 7.98. The minimum absolute atomic E-state index is 0.332. The lowest BCUT2D eigenvalue weighted by molar-refractivity contribution is 0.560. The first-order valence-electron chi connectivity index (χ1n) is 7.13. The van der Waals surface area contributed by atoms with Crippen LogP contribution in [-0.4, -0.2) is 14.8 Å². The van der Waals surface area contributed by atoms with Crippen LogP contribution in [0.3, 0.4) is 0 Å². The topological polar surface area (TPSA) is 60.9 Å². The third-order valence-electron chi connectivity index (χ3n) is 3.74. The molecular formula is C17H13N3O2S. The van der Waals surface area contributed by atoms with Crippen LogP contribution in [0.25, 0.3) is 21.7 Å². The summed E-state index contributed by atoms with van der Waals surface area (Å²) in [5.41, 5.74) is 1.23. The predicted octanol–water partition coefficient (Wildman–Crippen LogP) is 3.37. The van der Waals surface area contributed by atoms with Crippen LogP contribution in [0.5, 0.6) is 0 Å². The van der Waals surface area contributed by atoms with Crippen molar-refractivity contribution in [2.75, 3.05) is 0 Å². The van der Waals surface area contributed by atoms with Gasteiger partial charge in [0.05, 0.1) is 0 Å². The Morgan fingerprint density at radius 3 is 2.91 bits per heavy atom. The molecule has 0 saturated carbocycles. The summed E-state index contributed by atoms with van der Waals surface area (Å²) >= 11 is 1.55. The number of nitrogens with zero attached hydrogens (tertiary/aromatic N) is 3. The molecule has 5 nitrogen and oxygen atoms in total. The van der Waals surface area contributed by atoms with Gasteiger partial charge in [-0.15, -0.1) is 10.2 Å². The second kappa shape index (κ2) is 5.55. The molecule has 0 aliphatic heterocycles. The van der Waals surface area contributed by atoms with Crippen molar-refractivity contribution < 1.29 is 4.42 Å². The van der Waals surface area contributed by atoms with Gasteiger partial charge in [-0.2, -0.15) is 0 Å². The maximum atomic E-state index is 11.9. The summed E-state index contributed by atoms with van der Waals surface area (Å²) in [4.78, 5) is 11.9. The highest BCUT2D eigenvalue weighted by atomic mass is 32.2. The lowest BCUT2D eigenvalue weighted by atomic mass is 10.0. The van der Waals surface area contributed by atoms with Gasteiger partial charge in [0.25, 0.3) is 0 Å². The maximum Gasteiger partial charge on any atom is 0.336 e. The Labute approximate surface area is 135 Å². The van der Waals surface area contributed by atoms with Crippen molar-refractivity contribution in [1.82, 2.24) is 14.8 Å². The van der Waals surface area contributed by atoms with E-state index in [0.717, 1.165) is 26.9 Å². The van der Waals surface area contributed by atoms with Gasteiger partial charge in [-0.1, -0.05) is 42.1 Å². The smallest absolute Gasteiger partial charge is 0.336 e. The summed E-state index contributed by atoms with van der Waals surface area (Å²) in [6.45, 7) is 0. The van der Waals surface area contributed by atoms with Crippen molar-refractivity contribution in [3.8, 4) is 0 Å². The minimum atomic E-state index is -0.332. The van der Waals surface area contributed by atoms with Gasteiger partial charge in [-0.05, 0) is 22.4 Å². The molecule has 6 heteroatoms. The van der Waals surface area contributed by atoms with E-state index < -0.39 is 0 Å². The first kappa shape index (κ1) is 14.0. The normalized spacial score (nSPS) is 11.3. The van der Waals surface area contributed by atoms with E-state index in [1.807, 2.05) is 41.9 Å². The van der Waals surface area contributed by atoms with E-state index >= 15 is 0 Å². The number of aryl methyl sites for hydroxylation is 1. The van der Waals surface area contributed by atoms with Crippen molar-refractivity contribution in [2.45, 2.75) is 10.9 Å². The zero-order chi connectivity index (χ0) is 15.8. The first-order chi connectivity index (χ1) is 11.2. The standard InChI is InChI=1S/C17H13N3O2S/c1-20-10-18-19-17(20)23-9-12-8-15(21)22-14-7-6-11-4-2-3-5-13(11)16(12)14/h2-8,10H,9H2,1H3. The van der Waals surface area contributed by atoms with Crippen LogP contribution < -0.4 is 5.63 Å². The van der Waals surface area contributed by atoms with Gasteiger partial charge in [0.1, 0.15) is 11.9 Å². The Kier molecular flexibility index (Phi) is 3.38. The van der Waals surface area contributed by atoms with Crippen LogP contribution in [0, 0.1) is 0 Å². The molecule has 23 heavy (non-hydrogen) atoms. The van der Waals surface area contributed by atoms with Gasteiger partial charge in [0, 0.05) is 24.3 Å². The van der Waals surface area contributed by atoms with E-state index in [2.05, 4.69) is 16.3 Å². The van der Waals surface area contributed by atoms with E-state index in [9.17, 15) is 4.79 Å². The molecule has 0 bridgehead atoms. The fourth-order valence-electron chi connectivity index (χ4n) is 2.68. The van der Waals surface area contributed by atoms with Crippen molar-refractivity contribution in [2.24, 2.45) is 7.05 Å². The Balaban J connectivity index is 1.88. The summed E-state index contributed by atoms with van der Waals surface area (Å²) in [5, 5.41) is 12.0. The van der Waals surface area contributed by atoms with Gasteiger partial charge in [0.15, 0.2) is 5.16 Å². The summed E-state index contributed by atoms with van der Waals surface area (Å²) in [6.07, 6.45) is 1.66. The first-order valence-corrected chi connectivity index (χ1v) is 8.12.